The normalized spacial score (nSPS) is 10.1. The average Bonchev–Trinajstić information content (AvgIpc) is 1.90. The van der Waals surface area contributed by atoms with Crippen molar-refractivity contribution in [3.8, 4) is 0 Å². The van der Waals surface area contributed by atoms with Gasteiger partial charge in [-0.15, -0.1) is 0 Å². The summed E-state index contributed by atoms with van der Waals surface area (Å²) in [6.45, 7) is 0. The molecule has 1 rings (SSSR count). The minimum Gasteiger partial charge on any atom is -0.354 e. The first kappa shape index (κ1) is 6.23. The minimum atomic E-state index is -1.13. The highest BCUT2D eigenvalue weighted by Crippen LogP contribution is 2.10. The fourth-order valence-electron chi connectivity index (χ4n) is 0.576. The zero-order valence-corrected chi connectivity index (χ0v) is 4.71. The molecule has 0 amide bonds. The molecule has 0 aliphatic heterocycles. The molecule has 0 unspecified atom stereocenters. The number of benzene rings is 1. The van der Waals surface area contributed by atoms with Gasteiger partial charge < -0.3 is 5.11 Å². The van der Waals surface area contributed by atoms with Crippen molar-refractivity contribution in [1.82, 2.24) is 0 Å². The third kappa shape index (κ3) is 1.50. The SMILES string of the molecule is O[C](F)c1ccccc1. The van der Waals surface area contributed by atoms with E-state index < -0.39 is 6.36 Å². The number of aliphatic hydroxyl groups is 1. The summed E-state index contributed by atoms with van der Waals surface area (Å²) < 4.78 is 11.9. The van der Waals surface area contributed by atoms with Gasteiger partial charge in [0.2, 0.25) is 0 Å². The Balaban J connectivity index is 2.85. The highest BCUT2D eigenvalue weighted by Gasteiger charge is 2.02. The van der Waals surface area contributed by atoms with Gasteiger partial charge in [0.05, 0.1) is 0 Å². The summed E-state index contributed by atoms with van der Waals surface area (Å²) in [7, 11) is 0. The fourth-order valence-corrected chi connectivity index (χ4v) is 0.576. The van der Waals surface area contributed by atoms with Gasteiger partial charge in [0.25, 0.3) is 6.36 Å². The maximum absolute atomic E-state index is 11.9. The molecule has 1 radical (unpaired) electrons. The molecule has 9 heavy (non-hydrogen) atoms. The topological polar surface area (TPSA) is 20.2 Å². The lowest BCUT2D eigenvalue weighted by molar-refractivity contribution is 0.199. The molecule has 0 saturated heterocycles. The standard InChI is InChI=1S/C7H6FO/c8-7(9)6-4-2-1-3-5-6/h1-5,9H. The molecule has 47 valence electrons. The molecule has 2 heteroatoms. The molecule has 0 aromatic heterocycles. The predicted octanol–water partition coefficient (Wildman–Crippen LogP) is 1.87. The van der Waals surface area contributed by atoms with Crippen molar-refractivity contribution in [1.29, 1.82) is 0 Å². The van der Waals surface area contributed by atoms with Crippen molar-refractivity contribution in [2.24, 2.45) is 0 Å². The van der Waals surface area contributed by atoms with Gasteiger partial charge in [0, 0.05) is 5.56 Å². The third-order valence-corrected chi connectivity index (χ3v) is 1.01. The Morgan fingerprint density at radius 1 is 1.22 bits per heavy atom. The summed E-state index contributed by atoms with van der Waals surface area (Å²) in [5, 5.41) is 8.27. The van der Waals surface area contributed by atoms with Crippen molar-refractivity contribution in [2.45, 2.75) is 0 Å². The van der Waals surface area contributed by atoms with Gasteiger partial charge in [-0.3, -0.25) is 0 Å². The summed E-state index contributed by atoms with van der Waals surface area (Å²) in [5.74, 6) is 0. The van der Waals surface area contributed by atoms with Crippen LogP contribution in [0.3, 0.4) is 0 Å². The molecule has 1 nitrogen and oxygen atoms in total. The van der Waals surface area contributed by atoms with Gasteiger partial charge >= 0.3 is 0 Å². The minimum absolute atomic E-state index is 0.220. The van der Waals surface area contributed by atoms with Crippen LogP contribution < -0.4 is 0 Å². The van der Waals surface area contributed by atoms with Gasteiger partial charge in [-0.05, 0) is 0 Å². The molecule has 0 bridgehead atoms. The van der Waals surface area contributed by atoms with Crippen LogP contribution in [-0.2, 0) is 0 Å². The monoisotopic (exact) mass is 125 g/mol. The van der Waals surface area contributed by atoms with E-state index in [0.29, 0.717) is 0 Å². The van der Waals surface area contributed by atoms with Crippen LogP contribution in [0.2, 0.25) is 0 Å². The van der Waals surface area contributed by atoms with Crippen molar-refractivity contribution < 1.29 is 9.50 Å². The highest BCUT2D eigenvalue weighted by molar-refractivity contribution is 5.22. The summed E-state index contributed by atoms with van der Waals surface area (Å²) >= 11 is 0. The lowest BCUT2D eigenvalue weighted by Crippen LogP contribution is -1.87. The Morgan fingerprint density at radius 2 is 1.78 bits per heavy atom. The number of rotatable bonds is 1. The van der Waals surface area contributed by atoms with Crippen LogP contribution in [0.15, 0.2) is 30.3 Å². The maximum atomic E-state index is 11.9. The predicted molar refractivity (Wildman–Crippen MR) is 31.8 cm³/mol. The Morgan fingerprint density at radius 3 is 2.11 bits per heavy atom. The van der Waals surface area contributed by atoms with E-state index in [2.05, 4.69) is 0 Å². The van der Waals surface area contributed by atoms with E-state index in [1.54, 1.807) is 18.2 Å². The molecule has 0 heterocycles. The van der Waals surface area contributed by atoms with E-state index >= 15 is 0 Å². The van der Waals surface area contributed by atoms with Gasteiger partial charge in [-0.25, -0.2) is 0 Å². The second-order valence-electron chi connectivity index (χ2n) is 1.66. The van der Waals surface area contributed by atoms with Gasteiger partial charge in [0.1, 0.15) is 0 Å². The number of hydrogen-bond donors (Lipinski definition) is 1. The summed E-state index contributed by atoms with van der Waals surface area (Å²) in [4.78, 5) is 0. The zero-order chi connectivity index (χ0) is 6.69. The molecular formula is C7H6FO. The molecule has 0 fully saturated rings. The van der Waals surface area contributed by atoms with E-state index in [1.165, 1.54) is 12.1 Å². The first-order valence-electron chi connectivity index (χ1n) is 2.57. The van der Waals surface area contributed by atoms with E-state index in [0.717, 1.165) is 0 Å². The first-order chi connectivity index (χ1) is 4.30. The maximum Gasteiger partial charge on any atom is 0.296 e. The number of aliphatic hydroxyl groups excluding tert-OH is 1. The molecular weight excluding hydrogens is 119 g/mol. The smallest absolute Gasteiger partial charge is 0.296 e. The number of hydrogen-bond acceptors (Lipinski definition) is 1. The van der Waals surface area contributed by atoms with E-state index in [1.807, 2.05) is 0 Å². The Hall–Kier alpha value is -0.890. The van der Waals surface area contributed by atoms with Gasteiger partial charge in [0.15, 0.2) is 0 Å². The third-order valence-electron chi connectivity index (χ3n) is 1.01. The van der Waals surface area contributed by atoms with Crippen molar-refractivity contribution in [3.63, 3.8) is 0 Å². The van der Waals surface area contributed by atoms with Crippen LogP contribution in [0.5, 0.6) is 0 Å². The second-order valence-corrected chi connectivity index (χ2v) is 1.66. The Bertz CT molecular complexity index is 172. The van der Waals surface area contributed by atoms with E-state index in [4.69, 9.17) is 5.11 Å². The Kier molecular flexibility index (Phi) is 1.80. The van der Waals surface area contributed by atoms with Gasteiger partial charge in [-0.1, -0.05) is 30.3 Å². The van der Waals surface area contributed by atoms with Crippen LogP contribution in [0.4, 0.5) is 4.39 Å². The molecule has 0 atom stereocenters. The van der Waals surface area contributed by atoms with Crippen LogP contribution in [0.25, 0.3) is 0 Å². The molecule has 0 aliphatic rings. The van der Waals surface area contributed by atoms with E-state index in [9.17, 15) is 4.39 Å². The van der Waals surface area contributed by atoms with E-state index in [-0.39, 0.29) is 5.56 Å². The van der Waals surface area contributed by atoms with Crippen molar-refractivity contribution >= 4 is 0 Å². The van der Waals surface area contributed by atoms with Crippen molar-refractivity contribution in [3.05, 3.63) is 42.3 Å². The Labute approximate surface area is 52.8 Å². The lowest BCUT2D eigenvalue weighted by atomic mass is 10.2. The highest BCUT2D eigenvalue weighted by atomic mass is 19.1. The molecule has 1 N–H and O–H groups in total. The summed E-state index contributed by atoms with van der Waals surface area (Å²) in [6.07, 6.45) is -1.13. The lowest BCUT2D eigenvalue weighted by Gasteiger charge is -1.94. The van der Waals surface area contributed by atoms with Gasteiger partial charge in [-0.2, -0.15) is 4.39 Å². The number of halogens is 1. The molecule has 0 saturated carbocycles. The second kappa shape index (κ2) is 2.60. The fraction of sp³-hybridized carbons (Fsp3) is 0. The molecule has 1 aromatic carbocycles. The zero-order valence-electron chi connectivity index (χ0n) is 4.71. The molecule has 0 spiro atoms. The largest absolute Gasteiger partial charge is 0.354 e. The van der Waals surface area contributed by atoms with Crippen LogP contribution in [0, 0.1) is 6.36 Å². The summed E-state index contributed by atoms with van der Waals surface area (Å²) in [6, 6.07) is 8.06. The summed E-state index contributed by atoms with van der Waals surface area (Å²) in [5.41, 5.74) is 0.220. The van der Waals surface area contributed by atoms with Crippen LogP contribution >= 0.6 is 0 Å². The first-order valence-corrected chi connectivity index (χ1v) is 2.57. The average molecular weight is 125 g/mol. The molecule has 1 aromatic rings. The quantitative estimate of drug-likeness (QED) is 0.607. The van der Waals surface area contributed by atoms with Crippen molar-refractivity contribution in [2.75, 3.05) is 0 Å². The molecule has 0 aliphatic carbocycles. The van der Waals surface area contributed by atoms with Crippen LogP contribution in [0.1, 0.15) is 5.56 Å². The van der Waals surface area contributed by atoms with Crippen LogP contribution in [-0.4, -0.2) is 5.11 Å².